The second-order valence-electron chi connectivity index (χ2n) is 5.45. The molecule has 0 bridgehead atoms. The number of hydrogen-bond donors (Lipinski definition) is 0. The summed E-state index contributed by atoms with van der Waals surface area (Å²) >= 11 is 1.85. The lowest BCUT2D eigenvalue weighted by Gasteiger charge is -2.30. The number of tetrazole rings is 1. The van der Waals surface area contributed by atoms with E-state index in [4.69, 9.17) is 0 Å². The van der Waals surface area contributed by atoms with E-state index in [9.17, 15) is 9.18 Å². The Balaban J connectivity index is 1.85. The van der Waals surface area contributed by atoms with Gasteiger partial charge in [0.05, 0.1) is 0 Å². The molecule has 122 valence electrons. The van der Waals surface area contributed by atoms with Crippen molar-refractivity contribution in [2.75, 3.05) is 24.6 Å². The molecule has 1 amide bonds. The molecule has 0 N–H and O–H groups in total. The molecule has 6 nitrogen and oxygen atoms in total. The highest BCUT2D eigenvalue weighted by Crippen LogP contribution is 2.20. The first-order valence-electron chi connectivity index (χ1n) is 7.50. The molecule has 1 aliphatic rings. The van der Waals surface area contributed by atoms with Crippen LogP contribution in [0.3, 0.4) is 0 Å². The van der Waals surface area contributed by atoms with Gasteiger partial charge in [-0.25, -0.2) is 9.07 Å². The van der Waals surface area contributed by atoms with Gasteiger partial charge in [0, 0.05) is 31.0 Å². The van der Waals surface area contributed by atoms with Crippen LogP contribution in [0.2, 0.25) is 0 Å². The summed E-state index contributed by atoms with van der Waals surface area (Å²) in [4.78, 5) is 14.8. The third-order valence-corrected chi connectivity index (χ3v) is 4.85. The number of thioether (sulfide) groups is 1. The maximum atomic E-state index is 13.1. The van der Waals surface area contributed by atoms with Crippen LogP contribution in [0, 0.1) is 12.7 Å². The van der Waals surface area contributed by atoms with E-state index in [0.29, 0.717) is 12.2 Å². The Morgan fingerprint density at radius 3 is 2.61 bits per heavy atom. The summed E-state index contributed by atoms with van der Waals surface area (Å²) in [6.07, 6.45) is 0.439. The lowest BCUT2D eigenvalue weighted by atomic mass is 10.0. The van der Waals surface area contributed by atoms with Gasteiger partial charge in [-0.05, 0) is 35.0 Å². The number of carbonyl (C=O) groups excluding carboxylic acids is 1. The zero-order valence-electron chi connectivity index (χ0n) is 12.9. The summed E-state index contributed by atoms with van der Waals surface area (Å²) in [6, 6.07) is 5.70. The fourth-order valence-electron chi connectivity index (χ4n) is 2.64. The number of hydrogen-bond acceptors (Lipinski definition) is 5. The number of benzene rings is 1. The average Bonchev–Trinajstić information content (AvgIpc) is 3.00. The van der Waals surface area contributed by atoms with E-state index >= 15 is 0 Å². The Bertz CT molecular complexity index is 669. The van der Waals surface area contributed by atoms with Crippen LogP contribution in [0.4, 0.5) is 4.39 Å². The second kappa shape index (κ2) is 7.08. The van der Waals surface area contributed by atoms with Crippen molar-refractivity contribution in [3.05, 3.63) is 41.5 Å². The molecule has 1 aromatic carbocycles. The fourth-order valence-corrected chi connectivity index (χ4v) is 3.55. The van der Waals surface area contributed by atoms with Crippen LogP contribution in [0.25, 0.3) is 0 Å². The molecule has 0 aliphatic carbocycles. The molecule has 23 heavy (non-hydrogen) atoms. The molecular formula is C15H18FN5OS. The van der Waals surface area contributed by atoms with Crippen LogP contribution in [0.1, 0.15) is 17.4 Å². The van der Waals surface area contributed by atoms with Gasteiger partial charge in [0.15, 0.2) is 0 Å². The van der Waals surface area contributed by atoms with Gasteiger partial charge < -0.3 is 4.90 Å². The minimum Gasteiger partial charge on any atom is -0.339 e. The van der Waals surface area contributed by atoms with Crippen molar-refractivity contribution >= 4 is 17.7 Å². The molecule has 1 unspecified atom stereocenters. The minimum atomic E-state index is -0.501. The van der Waals surface area contributed by atoms with Crippen molar-refractivity contribution in [1.29, 1.82) is 0 Å². The summed E-state index contributed by atoms with van der Waals surface area (Å²) in [7, 11) is 0. The van der Waals surface area contributed by atoms with Gasteiger partial charge in [-0.15, -0.1) is 5.10 Å². The number of aryl methyl sites for hydroxylation is 1. The Morgan fingerprint density at radius 1 is 1.30 bits per heavy atom. The molecule has 0 radical (unpaired) electrons. The van der Waals surface area contributed by atoms with Crippen molar-refractivity contribution in [2.24, 2.45) is 0 Å². The van der Waals surface area contributed by atoms with E-state index in [1.165, 1.54) is 12.1 Å². The molecule has 1 aliphatic heterocycles. The Labute approximate surface area is 138 Å². The van der Waals surface area contributed by atoms with Crippen LogP contribution in [0.5, 0.6) is 0 Å². The highest BCUT2D eigenvalue weighted by Gasteiger charge is 2.29. The molecule has 1 atom stereocenters. The lowest BCUT2D eigenvalue weighted by molar-refractivity contribution is -0.134. The molecule has 1 fully saturated rings. The molecular weight excluding hydrogens is 317 g/mol. The van der Waals surface area contributed by atoms with Crippen molar-refractivity contribution in [2.45, 2.75) is 19.4 Å². The maximum Gasteiger partial charge on any atom is 0.247 e. The summed E-state index contributed by atoms with van der Waals surface area (Å²) in [5, 5.41) is 11.5. The van der Waals surface area contributed by atoms with Crippen molar-refractivity contribution in [3.63, 3.8) is 0 Å². The number of amides is 1. The van der Waals surface area contributed by atoms with E-state index in [0.717, 1.165) is 30.2 Å². The molecule has 0 spiro atoms. The van der Waals surface area contributed by atoms with E-state index in [1.807, 2.05) is 16.7 Å². The predicted molar refractivity (Wildman–Crippen MR) is 85.6 cm³/mol. The lowest BCUT2D eigenvalue weighted by Crippen LogP contribution is -2.43. The smallest absolute Gasteiger partial charge is 0.247 e. The molecule has 0 saturated carbocycles. The Morgan fingerprint density at radius 2 is 2.00 bits per heavy atom. The molecule has 8 heteroatoms. The highest BCUT2D eigenvalue weighted by molar-refractivity contribution is 7.99. The van der Waals surface area contributed by atoms with Crippen molar-refractivity contribution < 1.29 is 9.18 Å². The third kappa shape index (κ3) is 3.69. The zero-order chi connectivity index (χ0) is 16.2. The quantitative estimate of drug-likeness (QED) is 0.847. The van der Waals surface area contributed by atoms with Crippen LogP contribution < -0.4 is 0 Å². The van der Waals surface area contributed by atoms with Crippen LogP contribution in [-0.2, 0) is 11.2 Å². The Hall–Kier alpha value is -1.96. The first kappa shape index (κ1) is 15.9. The third-order valence-electron chi connectivity index (χ3n) is 3.90. The van der Waals surface area contributed by atoms with E-state index in [1.54, 1.807) is 23.7 Å². The normalized spacial score (nSPS) is 16.3. The molecule has 3 rings (SSSR count). The van der Waals surface area contributed by atoms with Gasteiger partial charge in [-0.2, -0.15) is 11.8 Å². The Kier molecular flexibility index (Phi) is 4.90. The van der Waals surface area contributed by atoms with Crippen LogP contribution >= 0.6 is 11.8 Å². The van der Waals surface area contributed by atoms with Gasteiger partial charge in [0.25, 0.3) is 0 Å². The van der Waals surface area contributed by atoms with Crippen molar-refractivity contribution in [3.8, 4) is 0 Å². The number of nitrogens with zero attached hydrogens (tertiary/aromatic N) is 5. The summed E-state index contributed by atoms with van der Waals surface area (Å²) in [6.45, 7) is 3.26. The van der Waals surface area contributed by atoms with Crippen LogP contribution in [0.15, 0.2) is 24.3 Å². The van der Waals surface area contributed by atoms with Gasteiger partial charge in [0.2, 0.25) is 5.91 Å². The maximum absolute atomic E-state index is 13.1. The first-order valence-corrected chi connectivity index (χ1v) is 8.66. The number of carbonyl (C=O) groups is 1. The predicted octanol–water partition coefficient (Wildman–Crippen LogP) is 1.48. The van der Waals surface area contributed by atoms with Gasteiger partial charge >= 0.3 is 0 Å². The SMILES string of the molecule is Cc1nnnn1C(Cc1ccc(F)cc1)C(=O)N1CCSCC1. The summed E-state index contributed by atoms with van der Waals surface area (Å²) < 4.78 is 14.7. The molecule has 1 saturated heterocycles. The number of halogens is 1. The largest absolute Gasteiger partial charge is 0.339 e. The van der Waals surface area contributed by atoms with E-state index in [2.05, 4.69) is 15.5 Å². The van der Waals surface area contributed by atoms with E-state index in [-0.39, 0.29) is 11.7 Å². The summed E-state index contributed by atoms with van der Waals surface area (Å²) in [5.41, 5.74) is 0.881. The second-order valence-corrected chi connectivity index (χ2v) is 6.68. The van der Waals surface area contributed by atoms with Gasteiger partial charge in [-0.3, -0.25) is 4.79 Å². The fraction of sp³-hybridized carbons (Fsp3) is 0.467. The molecule has 2 aromatic rings. The van der Waals surface area contributed by atoms with Gasteiger partial charge in [0.1, 0.15) is 17.7 Å². The summed E-state index contributed by atoms with van der Waals surface area (Å²) in [5.74, 6) is 2.22. The standard InChI is InChI=1S/C15H18FN5OS/c1-11-17-18-19-21(11)14(10-12-2-4-13(16)5-3-12)15(22)20-6-8-23-9-7-20/h2-5,14H,6-10H2,1H3. The monoisotopic (exact) mass is 335 g/mol. The van der Waals surface area contributed by atoms with E-state index < -0.39 is 6.04 Å². The topological polar surface area (TPSA) is 63.9 Å². The molecule has 1 aromatic heterocycles. The number of rotatable bonds is 4. The van der Waals surface area contributed by atoms with Crippen LogP contribution in [-0.4, -0.2) is 55.6 Å². The van der Waals surface area contributed by atoms with Gasteiger partial charge in [-0.1, -0.05) is 12.1 Å². The first-order chi connectivity index (χ1) is 11.1. The minimum absolute atomic E-state index is 0.0185. The average molecular weight is 335 g/mol. The zero-order valence-corrected chi connectivity index (χ0v) is 13.7. The number of aromatic nitrogens is 4. The van der Waals surface area contributed by atoms with Crippen molar-refractivity contribution in [1.82, 2.24) is 25.1 Å². The molecule has 2 heterocycles. The highest BCUT2D eigenvalue weighted by atomic mass is 32.2.